The Morgan fingerprint density at radius 2 is 1.75 bits per heavy atom. The molecule has 0 saturated carbocycles. The average Bonchev–Trinajstić information content (AvgIpc) is 3.33. The molecule has 0 saturated heterocycles. The molecule has 1 N–H and O–H groups in total. The molecule has 0 bridgehead atoms. The minimum atomic E-state index is -0.367. The minimum absolute atomic E-state index is 0.147. The largest absolute Gasteiger partial charge is 0.494 e. The standard InChI is InChI=1S/C29H28N4O3/c1-3-18-32(28(35)23-14-9-6-10-15-23)21-27(34)31-29-30-26(22-12-7-5-8-13-22)20-33(29)24-16-11-17-25(19-24)36-4-2/h3,5-17,19-20H,1,4,18,21H2,2H3,(H,30,31,34). The first-order valence-electron chi connectivity index (χ1n) is 11.7. The fraction of sp³-hybridized carbons (Fsp3) is 0.138. The number of nitrogens with zero attached hydrogens (tertiary/aromatic N) is 3. The number of benzene rings is 3. The van der Waals surface area contributed by atoms with Gasteiger partial charge in [-0.25, -0.2) is 4.98 Å². The Bertz CT molecular complexity index is 1330. The highest BCUT2D eigenvalue weighted by Crippen LogP contribution is 2.26. The van der Waals surface area contributed by atoms with Crippen LogP contribution in [0.1, 0.15) is 17.3 Å². The fourth-order valence-corrected chi connectivity index (χ4v) is 3.78. The molecule has 3 aromatic carbocycles. The summed E-state index contributed by atoms with van der Waals surface area (Å²) in [4.78, 5) is 32.2. The van der Waals surface area contributed by atoms with E-state index < -0.39 is 0 Å². The van der Waals surface area contributed by atoms with Crippen molar-refractivity contribution in [2.24, 2.45) is 0 Å². The number of aromatic nitrogens is 2. The predicted octanol–water partition coefficient (Wildman–Crippen LogP) is 5.20. The molecule has 0 atom stereocenters. The van der Waals surface area contributed by atoms with Gasteiger partial charge >= 0.3 is 0 Å². The molecular formula is C29H28N4O3. The number of carbonyl (C=O) groups is 2. The number of hydrogen-bond donors (Lipinski definition) is 1. The van der Waals surface area contributed by atoms with Gasteiger partial charge in [0.05, 0.1) is 18.0 Å². The zero-order valence-electron chi connectivity index (χ0n) is 20.1. The first kappa shape index (κ1) is 24.5. The second-order valence-corrected chi connectivity index (χ2v) is 8.00. The lowest BCUT2D eigenvalue weighted by molar-refractivity contribution is -0.116. The molecule has 4 rings (SSSR count). The Hall–Kier alpha value is -4.65. The van der Waals surface area contributed by atoms with E-state index in [0.29, 0.717) is 29.6 Å². The number of nitrogens with one attached hydrogen (secondary N) is 1. The molecule has 0 spiro atoms. The second kappa shape index (κ2) is 11.7. The van der Waals surface area contributed by atoms with E-state index in [1.165, 1.54) is 4.90 Å². The van der Waals surface area contributed by atoms with Crippen LogP contribution in [-0.4, -0.2) is 46.0 Å². The SMILES string of the molecule is C=CCN(CC(=O)Nc1nc(-c2ccccc2)cn1-c1cccc(OCC)c1)C(=O)c1ccccc1. The number of hydrogen-bond acceptors (Lipinski definition) is 4. The molecule has 7 nitrogen and oxygen atoms in total. The van der Waals surface area contributed by atoms with Gasteiger partial charge < -0.3 is 9.64 Å². The molecule has 0 fully saturated rings. The van der Waals surface area contributed by atoms with Crippen molar-refractivity contribution in [3.8, 4) is 22.7 Å². The van der Waals surface area contributed by atoms with E-state index >= 15 is 0 Å². The number of imidazole rings is 1. The molecule has 1 aromatic heterocycles. The Kier molecular flexibility index (Phi) is 7.93. The fourth-order valence-electron chi connectivity index (χ4n) is 3.78. The van der Waals surface area contributed by atoms with Crippen LogP contribution in [0.25, 0.3) is 16.9 Å². The van der Waals surface area contributed by atoms with Crippen molar-refractivity contribution in [3.05, 3.63) is 109 Å². The van der Waals surface area contributed by atoms with Gasteiger partial charge in [0, 0.05) is 29.9 Å². The summed E-state index contributed by atoms with van der Waals surface area (Å²) in [5, 5.41) is 2.89. The van der Waals surface area contributed by atoms with Crippen molar-refractivity contribution in [1.82, 2.24) is 14.5 Å². The molecular weight excluding hydrogens is 452 g/mol. The van der Waals surface area contributed by atoms with Gasteiger partial charge in [0.2, 0.25) is 11.9 Å². The summed E-state index contributed by atoms with van der Waals surface area (Å²) in [6.45, 7) is 6.29. The minimum Gasteiger partial charge on any atom is -0.494 e. The van der Waals surface area contributed by atoms with Crippen molar-refractivity contribution in [2.75, 3.05) is 25.0 Å². The number of ether oxygens (including phenoxy) is 1. The van der Waals surface area contributed by atoms with Gasteiger partial charge in [-0.3, -0.25) is 19.5 Å². The number of anilines is 1. The van der Waals surface area contributed by atoms with Crippen molar-refractivity contribution in [1.29, 1.82) is 0 Å². The molecule has 4 aromatic rings. The van der Waals surface area contributed by atoms with Crippen LogP contribution in [0.15, 0.2) is 104 Å². The third-order valence-electron chi connectivity index (χ3n) is 5.43. The highest BCUT2D eigenvalue weighted by atomic mass is 16.5. The normalized spacial score (nSPS) is 10.5. The summed E-state index contributed by atoms with van der Waals surface area (Å²) in [7, 11) is 0. The topological polar surface area (TPSA) is 76.5 Å². The smallest absolute Gasteiger partial charge is 0.254 e. The molecule has 0 aliphatic heterocycles. The third kappa shape index (κ3) is 5.88. The third-order valence-corrected chi connectivity index (χ3v) is 5.43. The molecule has 0 unspecified atom stereocenters. The Morgan fingerprint density at radius 1 is 1.03 bits per heavy atom. The molecule has 0 aliphatic rings. The van der Waals surface area contributed by atoms with Crippen LogP contribution in [0, 0.1) is 0 Å². The van der Waals surface area contributed by atoms with Gasteiger partial charge in [0.25, 0.3) is 5.91 Å². The molecule has 0 aliphatic carbocycles. The van der Waals surface area contributed by atoms with Crippen LogP contribution in [0.4, 0.5) is 5.95 Å². The van der Waals surface area contributed by atoms with Crippen molar-refractivity contribution < 1.29 is 14.3 Å². The quantitative estimate of drug-likeness (QED) is 0.316. The van der Waals surface area contributed by atoms with Crippen molar-refractivity contribution in [3.63, 3.8) is 0 Å². The van der Waals surface area contributed by atoms with Crippen LogP contribution in [-0.2, 0) is 4.79 Å². The van der Waals surface area contributed by atoms with Gasteiger partial charge in [-0.15, -0.1) is 6.58 Å². The maximum atomic E-state index is 13.1. The van der Waals surface area contributed by atoms with E-state index in [1.54, 1.807) is 34.9 Å². The summed E-state index contributed by atoms with van der Waals surface area (Å²) >= 11 is 0. The highest BCUT2D eigenvalue weighted by molar-refractivity contribution is 5.99. The summed E-state index contributed by atoms with van der Waals surface area (Å²) in [5.74, 6) is 0.447. The van der Waals surface area contributed by atoms with Crippen molar-refractivity contribution >= 4 is 17.8 Å². The summed E-state index contributed by atoms with van der Waals surface area (Å²) in [5.41, 5.74) is 2.92. The van der Waals surface area contributed by atoms with Gasteiger partial charge in [-0.1, -0.05) is 60.7 Å². The second-order valence-electron chi connectivity index (χ2n) is 8.00. The lowest BCUT2D eigenvalue weighted by Gasteiger charge is -2.20. The number of amides is 2. The molecule has 7 heteroatoms. The number of rotatable bonds is 10. The highest BCUT2D eigenvalue weighted by Gasteiger charge is 2.20. The van der Waals surface area contributed by atoms with E-state index in [2.05, 4.69) is 11.9 Å². The summed E-state index contributed by atoms with van der Waals surface area (Å²) < 4.78 is 7.46. The van der Waals surface area contributed by atoms with Crippen LogP contribution < -0.4 is 10.1 Å². The summed E-state index contributed by atoms with van der Waals surface area (Å²) in [6.07, 6.45) is 3.47. The monoisotopic (exact) mass is 480 g/mol. The van der Waals surface area contributed by atoms with E-state index in [-0.39, 0.29) is 24.9 Å². The zero-order valence-corrected chi connectivity index (χ0v) is 20.1. The molecule has 0 radical (unpaired) electrons. The number of carbonyl (C=O) groups excluding carboxylic acids is 2. The van der Waals surface area contributed by atoms with Crippen molar-refractivity contribution in [2.45, 2.75) is 6.92 Å². The van der Waals surface area contributed by atoms with Gasteiger partial charge in [0.15, 0.2) is 0 Å². The van der Waals surface area contributed by atoms with Crippen LogP contribution in [0.5, 0.6) is 5.75 Å². The average molecular weight is 481 g/mol. The van der Waals surface area contributed by atoms with Gasteiger partial charge in [-0.2, -0.15) is 0 Å². The van der Waals surface area contributed by atoms with E-state index in [0.717, 1.165) is 11.3 Å². The van der Waals surface area contributed by atoms with Gasteiger partial charge in [0.1, 0.15) is 12.3 Å². The predicted molar refractivity (Wildman–Crippen MR) is 141 cm³/mol. The molecule has 2 amide bonds. The Morgan fingerprint density at radius 3 is 2.44 bits per heavy atom. The summed E-state index contributed by atoms with van der Waals surface area (Å²) in [6, 6.07) is 26.2. The van der Waals surface area contributed by atoms with Crippen LogP contribution in [0.3, 0.4) is 0 Å². The molecule has 36 heavy (non-hydrogen) atoms. The van der Waals surface area contributed by atoms with E-state index in [1.807, 2.05) is 73.8 Å². The lowest BCUT2D eigenvalue weighted by atomic mass is 10.2. The van der Waals surface area contributed by atoms with E-state index in [9.17, 15) is 9.59 Å². The molecule has 182 valence electrons. The maximum Gasteiger partial charge on any atom is 0.254 e. The zero-order chi connectivity index (χ0) is 25.3. The first-order valence-corrected chi connectivity index (χ1v) is 11.7. The Balaban J connectivity index is 1.62. The van der Waals surface area contributed by atoms with E-state index in [4.69, 9.17) is 9.72 Å². The first-order chi connectivity index (χ1) is 17.6. The molecule has 1 heterocycles. The van der Waals surface area contributed by atoms with Crippen LogP contribution >= 0.6 is 0 Å². The lowest BCUT2D eigenvalue weighted by Crippen LogP contribution is -2.38. The maximum absolute atomic E-state index is 13.1. The van der Waals surface area contributed by atoms with Gasteiger partial charge in [-0.05, 0) is 31.2 Å². The van der Waals surface area contributed by atoms with Crippen LogP contribution in [0.2, 0.25) is 0 Å². The Labute approximate surface area is 210 Å².